The van der Waals surface area contributed by atoms with Crippen LogP contribution in [0.5, 0.6) is 0 Å². The lowest BCUT2D eigenvalue weighted by Crippen LogP contribution is -2.33. The molecule has 2 rings (SSSR count). The van der Waals surface area contributed by atoms with Gasteiger partial charge in [0.15, 0.2) is 0 Å². The van der Waals surface area contributed by atoms with Crippen LogP contribution in [-0.2, 0) is 0 Å². The summed E-state index contributed by atoms with van der Waals surface area (Å²) in [7, 11) is 0. The van der Waals surface area contributed by atoms with E-state index in [1.54, 1.807) is 0 Å². The molecule has 1 heterocycles. The Hall–Kier alpha value is -0.380. The van der Waals surface area contributed by atoms with Crippen LogP contribution in [0.3, 0.4) is 0 Å². The second kappa shape index (κ2) is 8.16. The molecular formula is C17H27BrN2. The number of nitrogens with zero attached hydrogens (tertiary/aromatic N) is 1. The molecule has 0 radical (unpaired) electrons. The molecule has 1 aromatic rings. The van der Waals surface area contributed by atoms with Crippen molar-refractivity contribution in [3.8, 4) is 0 Å². The highest BCUT2D eigenvalue weighted by Gasteiger charge is 2.19. The third kappa shape index (κ3) is 4.57. The maximum absolute atomic E-state index is 3.82. The molecule has 2 nitrogen and oxygen atoms in total. The summed E-state index contributed by atoms with van der Waals surface area (Å²) >= 11 is 3.66. The summed E-state index contributed by atoms with van der Waals surface area (Å²) in [6, 6.07) is 9.60. The summed E-state index contributed by atoms with van der Waals surface area (Å²) in [5, 5.41) is 3.82. The third-order valence-corrected chi connectivity index (χ3v) is 4.94. The Morgan fingerprint density at radius 1 is 1.30 bits per heavy atom. The van der Waals surface area contributed by atoms with E-state index in [0.29, 0.717) is 12.1 Å². The van der Waals surface area contributed by atoms with Gasteiger partial charge < -0.3 is 10.2 Å². The molecule has 1 saturated heterocycles. The minimum absolute atomic E-state index is 0.410. The quantitative estimate of drug-likeness (QED) is 0.857. The molecule has 112 valence electrons. The lowest BCUT2D eigenvalue weighted by atomic mass is 10.0. The molecule has 1 unspecified atom stereocenters. The van der Waals surface area contributed by atoms with Gasteiger partial charge in [-0.1, -0.05) is 41.1 Å². The monoisotopic (exact) mass is 338 g/mol. The lowest BCUT2D eigenvalue weighted by molar-refractivity contribution is 0.281. The Morgan fingerprint density at radius 3 is 2.85 bits per heavy atom. The smallest absolute Gasteiger partial charge is 0.0305 e. The van der Waals surface area contributed by atoms with Gasteiger partial charge in [-0.3, -0.25) is 0 Å². The predicted molar refractivity (Wildman–Crippen MR) is 90.1 cm³/mol. The molecule has 1 aliphatic rings. The van der Waals surface area contributed by atoms with Gasteiger partial charge in [-0.15, -0.1) is 0 Å². The van der Waals surface area contributed by atoms with Gasteiger partial charge in [-0.2, -0.15) is 0 Å². The molecule has 2 atom stereocenters. The molecule has 1 fully saturated rings. The van der Waals surface area contributed by atoms with E-state index in [4.69, 9.17) is 0 Å². The summed E-state index contributed by atoms with van der Waals surface area (Å²) in [4.78, 5) is 2.62. The number of nitrogens with one attached hydrogen (secondary N) is 1. The Balaban J connectivity index is 1.88. The molecule has 0 spiro atoms. The highest BCUT2D eigenvalue weighted by molar-refractivity contribution is 9.10. The molecule has 0 amide bonds. The van der Waals surface area contributed by atoms with Gasteiger partial charge in [-0.05, 0) is 63.9 Å². The van der Waals surface area contributed by atoms with E-state index in [9.17, 15) is 0 Å². The van der Waals surface area contributed by atoms with Crippen molar-refractivity contribution in [3.05, 3.63) is 34.3 Å². The van der Waals surface area contributed by atoms with Gasteiger partial charge in [0, 0.05) is 16.6 Å². The first kappa shape index (κ1) is 16.0. The zero-order valence-corrected chi connectivity index (χ0v) is 14.3. The fraction of sp³-hybridized carbons (Fsp3) is 0.647. The van der Waals surface area contributed by atoms with Crippen LogP contribution in [0.15, 0.2) is 28.7 Å². The number of hydrogen-bond acceptors (Lipinski definition) is 2. The van der Waals surface area contributed by atoms with E-state index in [0.717, 1.165) is 0 Å². The van der Waals surface area contributed by atoms with Crippen LogP contribution in [0, 0.1) is 0 Å². The molecule has 0 aromatic heterocycles. The molecule has 1 aromatic carbocycles. The predicted octanol–water partition coefficient (Wildman–Crippen LogP) is 4.36. The fourth-order valence-corrected chi connectivity index (χ4v) is 3.76. The average molecular weight is 339 g/mol. The summed E-state index contributed by atoms with van der Waals surface area (Å²) in [6.45, 7) is 8.32. The van der Waals surface area contributed by atoms with Crippen molar-refractivity contribution in [2.45, 2.75) is 51.6 Å². The minimum atomic E-state index is 0.410. The molecule has 3 heteroatoms. The first-order valence-electron chi connectivity index (χ1n) is 7.93. The van der Waals surface area contributed by atoms with E-state index in [1.165, 1.54) is 55.4 Å². The number of halogens is 1. The molecule has 20 heavy (non-hydrogen) atoms. The third-order valence-electron chi connectivity index (χ3n) is 4.22. The maximum Gasteiger partial charge on any atom is 0.0305 e. The Labute approximate surface area is 132 Å². The van der Waals surface area contributed by atoms with Crippen LogP contribution in [0.2, 0.25) is 0 Å². The van der Waals surface area contributed by atoms with E-state index in [2.05, 4.69) is 64.3 Å². The van der Waals surface area contributed by atoms with Crippen molar-refractivity contribution in [2.75, 3.05) is 19.6 Å². The summed E-state index contributed by atoms with van der Waals surface area (Å²) in [5.74, 6) is 0. The van der Waals surface area contributed by atoms with Gasteiger partial charge in [0.1, 0.15) is 0 Å². The second-order valence-corrected chi connectivity index (χ2v) is 6.73. The standard InChI is InChI=1S/C17H27BrN2/c1-3-11-20-12-6-7-15(10-13-20)19-14(2)16-8-4-5-9-17(16)18/h4-5,8-9,14-15,19H,3,6-7,10-13H2,1-2H3/t14-,15?/m1/s1. The SMILES string of the molecule is CCCN1CCCC(N[C@H](C)c2ccccc2Br)CC1. The topological polar surface area (TPSA) is 15.3 Å². The van der Waals surface area contributed by atoms with Gasteiger partial charge >= 0.3 is 0 Å². The molecular weight excluding hydrogens is 312 g/mol. The number of hydrogen-bond donors (Lipinski definition) is 1. The van der Waals surface area contributed by atoms with E-state index < -0.39 is 0 Å². The van der Waals surface area contributed by atoms with Crippen LogP contribution < -0.4 is 5.32 Å². The highest BCUT2D eigenvalue weighted by Crippen LogP contribution is 2.24. The van der Waals surface area contributed by atoms with Gasteiger partial charge in [0.25, 0.3) is 0 Å². The second-order valence-electron chi connectivity index (χ2n) is 5.88. The van der Waals surface area contributed by atoms with E-state index in [-0.39, 0.29) is 0 Å². The molecule has 1 aliphatic heterocycles. The van der Waals surface area contributed by atoms with Crippen molar-refractivity contribution in [2.24, 2.45) is 0 Å². The van der Waals surface area contributed by atoms with Gasteiger partial charge in [0.2, 0.25) is 0 Å². The highest BCUT2D eigenvalue weighted by atomic mass is 79.9. The fourth-order valence-electron chi connectivity index (χ4n) is 3.13. The van der Waals surface area contributed by atoms with Crippen molar-refractivity contribution >= 4 is 15.9 Å². The van der Waals surface area contributed by atoms with Crippen LogP contribution in [-0.4, -0.2) is 30.6 Å². The zero-order chi connectivity index (χ0) is 14.4. The molecule has 0 saturated carbocycles. The first-order valence-corrected chi connectivity index (χ1v) is 8.72. The molecule has 1 N–H and O–H groups in total. The summed E-state index contributed by atoms with van der Waals surface area (Å²) in [5.41, 5.74) is 1.36. The van der Waals surface area contributed by atoms with Crippen LogP contribution in [0.4, 0.5) is 0 Å². The van der Waals surface area contributed by atoms with Crippen LogP contribution in [0.25, 0.3) is 0 Å². The van der Waals surface area contributed by atoms with Gasteiger partial charge in [0.05, 0.1) is 0 Å². The average Bonchev–Trinajstić information content (AvgIpc) is 2.65. The normalized spacial score (nSPS) is 22.4. The lowest BCUT2D eigenvalue weighted by Gasteiger charge is -2.23. The van der Waals surface area contributed by atoms with Crippen molar-refractivity contribution in [3.63, 3.8) is 0 Å². The maximum atomic E-state index is 3.82. The minimum Gasteiger partial charge on any atom is -0.307 e. The zero-order valence-electron chi connectivity index (χ0n) is 12.7. The largest absolute Gasteiger partial charge is 0.307 e. The summed E-state index contributed by atoms with van der Waals surface area (Å²) in [6.07, 6.45) is 5.16. The van der Waals surface area contributed by atoms with E-state index >= 15 is 0 Å². The van der Waals surface area contributed by atoms with Gasteiger partial charge in [-0.25, -0.2) is 0 Å². The van der Waals surface area contributed by atoms with Crippen LogP contribution in [0.1, 0.15) is 51.1 Å². The van der Waals surface area contributed by atoms with Crippen molar-refractivity contribution in [1.29, 1.82) is 0 Å². The van der Waals surface area contributed by atoms with Crippen molar-refractivity contribution in [1.82, 2.24) is 10.2 Å². The Kier molecular flexibility index (Phi) is 6.53. The first-order chi connectivity index (χ1) is 9.70. The van der Waals surface area contributed by atoms with E-state index in [1.807, 2.05) is 0 Å². The number of benzene rings is 1. The molecule has 0 aliphatic carbocycles. The molecule has 0 bridgehead atoms. The Bertz CT molecular complexity index is 408. The Morgan fingerprint density at radius 2 is 2.10 bits per heavy atom. The van der Waals surface area contributed by atoms with Crippen molar-refractivity contribution < 1.29 is 0 Å². The number of rotatable bonds is 5. The number of likely N-dealkylation sites (tertiary alicyclic amines) is 1. The summed E-state index contributed by atoms with van der Waals surface area (Å²) < 4.78 is 1.21. The van der Waals surface area contributed by atoms with Crippen LogP contribution >= 0.6 is 15.9 Å².